The first-order valence-electron chi connectivity index (χ1n) is 7.80. The topological polar surface area (TPSA) is 99.5 Å². The van der Waals surface area contributed by atoms with Gasteiger partial charge in [0, 0.05) is 24.2 Å². The van der Waals surface area contributed by atoms with Gasteiger partial charge in [0.05, 0.1) is 43.5 Å². The maximum Gasteiger partial charge on any atom is 0.337 e. The van der Waals surface area contributed by atoms with E-state index in [0.717, 1.165) is 17.7 Å². The summed E-state index contributed by atoms with van der Waals surface area (Å²) in [5.41, 5.74) is 2.44. The highest BCUT2D eigenvalue weighted by Crippen LogP contribution is 2.16. The number of ether oxygens (including phenoxy) is 2. The molecule has 0 atom stereocenters. The monoisotopic (exact) mass is 365 g/mol. The second-order valence-electron chi connectivity index (χ2n) is 5.56. The standard InChI is InChI=1S/C16H19N3O5S/c1-23-16(20)12-2-4-14(5-3-12)25(21,22)18-7-8-19-15-6-9-24-11-13(15)10-17-19/h2-5,10,18H,6-9,11H2,1H3. The summed E-state index contributed by atoms with van der Waals surface area (Å²) in [4.78, 5) is 11.5. The van der Waals surface area contributed by atoms with Gasteiger partial charge in [-0.3, -0.25) is 4.68 Å². The number of nitrogens with one attached hydrogen (secondary N) is 1. The van der Waals surface area contributed by atoms with Crippen LogP contribution in [0.1, 0.15) is 21.6 Å². The third-order valence-electron chi connectivity index (χ3n) is 3.98. The summed E-state index contributed by atoms with van der Waals surface area (Å²) in [5, 5.41) is 4.28. The Balaban J connectivity index is 1.62. The van der Waals surface area contributed by atoms with Crippen LogP contribution in [-0.2, 0) is 39.1 Å². The molecule has 134 valence electrons. The van der Waals surface area contributed by atoms with Crippen molar-refractivity contribution in [1.29, 1.82) is 0 Å². The zero-order valence-electron chi connectivity index (χ0n) is 13.8. The molecule has 3 rings (SSSR count). The Morgan fingerprint density at radius 3 is 2.84 bits per heavy atom. The highest BCUT2D eigenvalue weighted by atomic mass is 32.2. The Bertz CT molecular complexity index is 858. The molecule has 9 heteroatoms. The number of aromatic nitrogens is 2. The first-order chi connectivity index (χ1) is 12.0. The average Bonchev–Trinajstić information content (AvgIpc) is 3.04. The number of nitrogens with zero attached hydrogens (tertiary/aromatic N) is 2. The summed E-state index contributed by atoms with van der Waals surface area (Å²) < 4.78 is 39.0. The summed E-state index contributed by atoms with van der Waals surface area (Å²) in [7, 11) is -2.38. The van der Waals surface area contributed by atoms with Gasteiger partial charge in [-0.1, -0.05) is 0 Å². The lowest BCUT2D eigenvalue weighted by atomic mass is 10.2. The van der Waals surface area contributed by atoms with Crippen LogP contribution in [-0.4, -0.2) is 44.4 Å². The van der Waals surface area contributed by atoms with E-state index in [9.17, 15) is 13.2 Å². The maximum atomic E-state index is 12.3. The smallest absolute Gasteiger partial charge is 0.337 e. The van der Waals surface area contributed by atoms with Gasteiger partial charge in [-0.2, -0.15) is 5.10 Å². The van der Waals surface area contributed by atoms with Crippen LogP contribution in [0.3, 0.4) is 0 Å². The fourth-order valence-electron chi connectivity index (χ4n) is 2.66. The van der Waals surface area contributed by atoms with Crippen molar-refractivity contribution in [3.63, 3.8) is 0 Å². The summed E-state index contributed by atoms with van der Waals surface area (Å²) in [5.74, 6) is -0.510. The van der Waals surface area contributed by atoms with Gasteiger partial charge in [-0.15, -0.1) is 0 Å². The van der Waals surface area contributed by atoms with Crippen molar-refractivity contribution in [3.05, 3.63) is 47.3 Å². The number of hydrogen-bond acceptors (Lipinski definition) is 6. The molecule has 0 radical (unpaired) electrons. The number of methoxy groups -OCH3 is 1. The lowest BCUT2D eigenvalue weighted by Crippen LogP contribution is -2.28. The molecule has 1 aromatic carbocycles. The summed E-state index contributed by atoms with van der Waals surface area (Å²) in [6.45, 7) is 1.86. The van der Waals surface area contributed by atoms with Crippen molar-refractivity contribution < 1.29 is 22.7 Å². The largest absolute Gasteiger partial charge is 0.465 e. The number of esters is 1. The van der Waals surface area contributed by atoms with Gasteiger partial charge in [-0.05, 0) is 24.3 Å². The number of carbonyl (C=O) groups is 1. The first-order valence-corrected chi connectivity index (χ1v) is 9.29. The van der Waals surface area contributed by atoms with Crippen molar-refractivity contribution in [1.82, 2.24) is 14.5 Å². The molecule has 8 nitrogen and oxygen atoms in total. The highest BCUT2D eigenvalue weighted by molar-refractivity contribution is 7.89. The van der Waals surface area contributed by atoms with Crippen molar-refractivity contribution >= 4 is 16.0 Å². The molecule has 1 aromatic heterocycles. The minimum Gasteiger partial charge on any atom is -0.465 e. The normalized spacial score (nSPS) is 14.1. The number of sulfonamides is 1. The number of hydrogen-bond donors (Lipinski definition) is 1. The Morgan fingerprint density at radius 2 is 2.12 bits per heavy atom. The summed E-state index contributed by atoms with van der Waals surface area (Å²) >= 11 is 0. The maximum absolute atomic E-state index is 12.3. The molecule has 0 aliphatic carbocycles. The third kappa shape index (κ3) is 3.89. The molecule has 1 aliphatic heterocycles. The van der Waals surface area contributed by atoms with Crippen LogP contribution in [0.25, 0.3) is 0 Å². The zero-order valence-corrected chi connectivity index (χ0v) is 14.6. The molecule has 0 unspecified atom stereocenters. The second kappa shape index (κ2) is 7.34. The van der Waals surface area contributed by atoms with Gasteiger partial charge in [0.2, 0.25) is 10.0 Å². The van der Waals surface area contributed by atoms with Crippen molar-refractivity contribution in [2.24, 2.45) is 0 Å². The van der Waals surface area contributed by atoms with Crippen LogP contribution in [0.5, 0.6) is 0 Å². The SMILES string of the molecule is COC(=O)c1ccc(S(=O)(=O)NCCn2ncc3c2CCOC3)cc1. The third-order valence-corrected chi connectivity index (χ3v) is 5.45. The molecule has 0 spiro atoms. The van der Waals surface area contributed by atoms with E-state index in [1.807, 2.05) is 0 Å². The molecule has 0 bridgehead atoms. The average molecular weight is 365 g/mol. The van der Waals surface area contributed by atoms with E-state index in [-0.39, 0.29) is 11.4 Å². The van der Waals surface area contributed by atoms with Crippen molar-refractivity contribution in [2.45, 2.75) is 24.5 Å². The lowest BCUT2D eigenvalue weighted by Gasteiger charge is -2.15. The Kier molecular flexibility index (Phi) is 5.16. The van der Waals surface area contributed by atoms with Gasteiger partial charge in [0.1, 0.15) is 0 Å². The predicted molar refractivity (Wildman–Crippen MR) is 88.6 cm³/mol. The van der Waals surface area contributed by atoms with Gasteiger partial charge in [0.15, 0.2) is 0 Å². The Labute approximate surface area is 145 Å². The quantitative estimate of drug-likeness (QED) is 0.758. The molecule has 25 heavy (non-hydrogen) atoms. The van der Waals surface area contributed by atoms with Crippen LogP contribution >= 0.6 is 0 Å². The second-order valence-corrected chi connectivity index (χ2v) is 7.32. The van der Waals surface area contributed by atoms with Crippen molar-refractivity contribution in [3.8, 4) is 0 Å². The molecule has 1 N–H and O–H groups in total. The van der Waals surface area contributed by atoms with Crippen molar-refractivity contribution in [2.75, 3.05) is 20.3 Å². The number of fused-ring (bicyclic) bond motifs is 1. The number of rotatable bonds is 6. The fourth-order valence-corrected chi connectivity index (χ4v) is 3.68. The highest BCUT2D eigenvalue weighted by Gasteiger charge is 2.17. The summed E-state index contributed by atoms with van der Waals surface area (Å²) in [6.07, 6.45) is 2.53. The predicted octanol–water partition coefficient (Wildman–Crippen LogP) is 0.721. The molecular formula is C16H19N3O5S. The molecule has 1 aliphatic rings. The van der Waals surface area contributed by atoms with E-state index < -0.39 is 16.0 Å². The van der Waals surface area contributed by atoms with Gasteiger partial charge < -0.3 is 9.47 Å². The minimum atomic E-state index is -3.65. The van der Waals surface area contributed by atoms with E-state index in [1.54, 1.807) is 10.9 Å². The van der Waals surface area contributed by atoms with E-state index in [0.29, 0.717) is 25.3 Å². The molecule has 0 saturated heterocycles. The number of carbonyl (C=O) groups excluding carboxylic acids is 1. The van der Waals surface area contributed by atoms with Gasteiger partial charge >= 0.3 is 5.97 Å². The Hall–Kier alpha value is -2.23. The van der Waals surface area contributed by atoms with Crippen LogP contribution in [0.15, 0.2) is 35.4 Å². The number of benzene rings is 1. The molecule has 0 fully saturated rings. The molecule has 0 saturated carbocycles. The molecular weight excluding hydrogens is 346 g/mol. The Morgan fingerprint density at radius 1 is 1.36 bits per heavy atom. The molecule has 2 heterocycles. The first kappa shape index (κ1) is 17.6. The van der Waals surface area contributed by atoms with E-state index >= 15 is 0 Å². The van der Waals surface area contributed by atoms with Crippen LogP contribution < -0.4 is 4.72 Å². The lowest BCUT2D eigenvalue weighted by molar-refractivity contribution is 0.0600. The van der Waals surface area contributed by atoms with E-state index in [2.05, 4.69) is 14.6 Å². The minimum absolute atomic E-state index is 0.0936. The van der Waals surface area contributed by atoms with E-state index in [4.69, 9.17) is 4.74 Å². The molecule has 0 amide bonds. The van der Waals surface area contributed by atoms with Crippen LogP contribution in [0, 0.1) is 0 Å². The van der Waals surface area contributed by atoms with Crippen LogP contribution in [0.2, 0.25) is 0 Å². The van der Waals surface area contributed by atoms with Crippen LogP contribution in [0.4, 0.5) is 0 Å². The fraction of sp³-hybridized carbons (Fsp3) is 0.375. The van der Waals surface area contributed by atoms with Gasteiger partial charge in [-0.25, -0.2) is 17.9 Å². The molecule has 2 aromatic rings. The van der Waals surface area contributed by atoms with E-state index in [1.165, 1.54) is 31.4 Å². The zero-order chi connectivity index (χ0) is 17.9. The van der Waals surface area contributed by atoms with Gasteiger partial charge in [0.25, 0.3) is 0 Å². The summed E-state index contributed by atoms with van der Waals surface area (Å²) in [6, 6.07) is 5.60.